The van der Waals surface area contributed by atoms with Gasteiger partial charge in [-0.15, -0.1) is 11.3 Å². The van der Waals surface area contributed by atoms with Gasteiger partial charge in [0.05, 0.1) is 19.2 Å². The van der Waals surface area contributed by atoms with E-state index in [9.17, 15) is 9.59 Å². The maximum Gasteiger partial charge on any atom is 0.228 e. The zero-order valence-electron chi connectivity index (χ0n) is 15.3. The summed E-state index contributed by atoms with van der Waals surface area (Å²) in [5.74, 6) is 0.951. The number of amides is 2. The van der Waals surface area contributed by atoms with Crippen LogP contribution in [0.3, 0.4) is 0 Å². The van der Waals surface area contributed by atoms with Crippen molar-refractivity contribution in [2.24, 2.45) is 0 Å². The van der Waals surface area contributed by atoms with Crippen molar-refractivity contribution in [1.82, 2.24) is 14.8 Å². The Hall–Kier alpha value is -2.41. The zero-order valence-corrected chi connectivity index (χ0v) is 16.1. The van der Waals surface area contributed by atoms with E-state index in [0.717, 1.165) is 26.9 Å². The third kappa shape index (κ3) is 4.04. The lowest BCUT2D eigenvalue weighted by atomic mass is 10.2. The van der Waals surface area contributed by atoms with E-state index >= 15 is 0 Å². The molecule has 2 aromatic rings. The molecule has 1 fully saturated rings. The van der Waals surface area contributed by atoms with Crippen LogP contribution >= 0.6 is 11.3 Å². The minimum absolute atomic E-state index is 0.0679. The summed E-state index contributed by atoms with van der Waals surface area (Å²) in [6.45, 7) is 5.92. The van der Waals surface area contributed by atoms with Crippen molar-refractivity contribution in [2.75, 3.05) is 33.3 Å². The lowest BCUT2D eigenvalue weighted by Crippen LogP contribution is -2.50. The van der Waals surface area contributed by atoms with Gasteiger partial charge in [0, 0.05) is 43.5 Å². The number of aromatic nitrogens is 1. The van der Waals surface area contributed by atoms with Crippen molar-refractivity contribution < 1.29 is 14.3 Å². The molecule has 3 rings (SSSR count). The van der Waals surface area contributed by atoms with Crippen LogP contribution < -0.4 is 4.74 Å². The fourth-order valence-corrected chi connectivity index (χ4v) is 4.04. The lowest BCUT2D eigenvalue weighted by Gasteiger charge is -2.34. The number of ether oxygens (including phenoxy) is 1. The molecule has 0 spiro atoms. The van der Waals surface area contributed by atoms with Crippen molar-refractivity contribution in [3.8, 4) is 16.3 Å². The highest BCUT2D eigenvalue weighted by Gasteiger charge is 2.23. The molecular weight excluding hydrogens is 350 g/mol. The molecule has 1 aliphatic rings. The number of carbonyl (C=O) groups is 2. The number of aryl methyl sites for hydroxylation is 1. The highest BCUT2D eigenvalue weighted by Crippen LogP contribution is 2.30. The maximum atomic E-state index is 12.6. The van der Waals surface area contributed by atoms with Gasteiger partial charge in [0.25, 0.3) is 0 Å². The predicted molar refractivity (Wildman–Crippen MR) is 101 cm³/mol. The quantitative estimate of drug-likeness (QED) is 0.825. The molecule has 0 aliphatic carbocycles. The standard InChI is InChI=1S/C19H23N3O3S/c1-13-17(12-18(24)22-9-7-21(8-10-22)14(2)23)26-19(20-13)15-5-4-6-16(11-15)25-3/h4-6,11H,7-10,12H2,1-3H3. The second-order valence-electron chi connectivity index (χ2n) is 6.32. The Bertz CT molecular complexity index is 810. The van der Waals surface area contributed by atoms with Gasteiger partial charge in [-0.05, 0) is 19.1 Å². The molecule has 1 saturated heterocycles. The molecule has 6 nitrogen and oxygen atoms in total. The van der Waals surface area contributed by atoms with E-state index in [2.05, 4.69) is 4.98 Å². The molecule has 0 atom stereocenters. The topological polar surface area (TPSA) is 62.7 Å². The first-order chi connectivity index (χ1) is 12.5. The van der Waals surface area contributed by atoms with Gasteiger partial charge in [-0.25, -0.2) is 4.98 Å². The molecule has 0 bridgehead atoms. The molecule has 0 unspecified atom stereocenters. The summed E-state index contributed by atoms with van der Waals surface area (Å²) in [5, 5.41) is 0.894. The summed E-state index contributed by atoms with van der Waals surface area (Å²) < 4.78 is 5.27. The largest absolute Gasteiger partial charge is 0.497 e. The summed E-state index contributed by atoms with van der Waals surface area (Å²) in [4.78, 5) is 33.3. The first kappa shape index (κ1) is 18.4. The second-order valence-corrected chi connectivity index (χ2v) is 7.41. The Balaban J connectivity index is 1.68. The number of carbonyl (C=O) groups excluding carboxylic acids is 2. The van der Waals surface area contributed by atoms with Crippen molar-refractivity contribution >= 4 is 23.2 Å². The van der Waals surface area contributed by atoms with Gasteiger partial charge in [-0.3, -0.25) is 9.59 Å². The molecule has 0 N–H and O–H groups in total. The minimum atomic E-state index is 0.0679. The van der Waals surface area contributed by atoms with Crippen molar-refractivity contribution in [2.45, 2.75) is 20.3 Å². The van der Waals surface area contributed by atoms with E-state index in [4.69, 9.17) is 4.74 Å². The molecule has 1 aromatic carbocycles. The summed E-state index contributed by atoms with van der Waals surface area (Å²) in [7, 11) is 1.64. The van der Waals surface area contributed by atoms with Gasteiger partial charge in [0.1, 0.15) is 10.8 Å². The summed E-state index contributed by atoms with van der Waals surface area (Å²) >= 11 is 1.55. The fraction of sp³-hybridized carbons (Fsp3) is 0.421. The molecule has 26 heavy (non-hydrogen) atoms. The predicted octanol–water partition coefficient (Wildman–Crippen LogP) is 2.36. The van der Waals surface area contributed by atoms with Gasteiger partial charge in [0.15, 0.2) is 0 Å². The Kier molecular flexibility index (Phi) is 5.56. The summed E-state index contributed by atoms with van der Waals surface area (Å²) in [6.07, 6.45) is 0.355. The Labute approximate surface area is 157 Å². The normalized spacial score (nSPS) is 14.4. The first-order valence-electron chi connectivity index (χ1n) is 8.62. The maximum absolute atomic E-state index is 12.6. The van der Waals surface area contributed by atoms with Gasteiger partial charge < -0.3 is 14.5 Å². The van der Waals surface area contributed by atoms with Crippen LogP contribution in [0.1, 0.15) is 17.5 Å². The van der Waals surface area contributed by atoms with E-state index < -0.39 is 0 Å². The number of benzene rings is 1. The molecule has 7 heteroatoms. The highest BCUT2D eigenvalue weighted by atomic mass is 32.1. The molecule has 0 saturated carbocycles. The van der Waals surface area contributed by atoms with Crippen molar-refractivity contribution in [1.29, 1.82) is 0 Å². The molecule has 1 aromatic heterocycles. The Morgan fingerprint density at radius 3 is 2.54 bits per heavy atom. The Morgan fingerprint density at radius 1 is 1.19 bits per heavy atom. The average Bonchev–Trinajstić information content (AvgIpc) is 3.02. The zero-order chi connectivity index (χ0) is 18.7. The fourth-order valence-electron chi connectivity index (χ4n) is 2.99. The van der Waals surface area contributed by atoms with Crippen LogP contribution in [0, 0.1) is 6.92 Å². The molecule has 2 amide bonds. The number of piperazine rings is 1. The summed E-state index contributed by atoms with van der Waals surface area (Å²) in [6, 6.07) is 7.78. The smallest absolute Gasteiger partial charge is 0.228 e. The van der Waals surface area contributed by atoms with Crippen molar-refractivity contribution in [3.05, 3.63) is 34.8 Å². The number of hydrogen-bond donors (Lipinski definition) is 0. The van der Waals surface area contributed by atoms with Crippen LogP contribution in [-0.2, 0) is 16.0 Å². The number of nitrogens with zero attached hydrogens (tertiary/aromatic N) is 3. The number of rotatable bonds is 4. The van der Waals surface area contributed by atoms with E-state index in [1.807, 2.05) is 36.1 Å². The molecule has 138 valence electrons. The third-order valence-electron chi connectivity index (χ3n) is 4.60. The molecule has 0 radical (unpaired) electrons. The van der Waals surface area contributed by atoms with Crippen LogP contribution in [-0.4, -0.2) is 59.9 Å². The van der Waals surface area contributed by atoms with Crippen molar-refractivity contribution in [3.63, 3.8) is 0 Å². The van der Waals surface area contributed by atoms with E-state index in [0.29, 0.717) is 32.6 Å². The lowest BCUT2D eigenvalue weighted by molar-refractivity contribution is -0.137. The van der Waals surface area contributed by atoms with E-state index in [1.165, 1.54) is 0 Å². The van der Waals surface area contributed by atoms with Crippen LogP contribution in [0.25, 0.3) is 10.6 Å². The summed E-state index contributed by atoms with van der Waals surface area (Å²) in [5.41, 5.74) is 1.88. The van der Waals surface area contributed by atoms with E-state index in [1.54, 1.807) is 30.3 Å². The molecule has 1 aliphatic heterocycles. The number of thiazole rings is 1. The molecular formula is C19H23N3O3S. The van der Waals surface area contributed by atoms with Crippen LogP contribution in [0.4, 0.5) is 0 Å². The third-order valence-corrected chi connectivity index (χ3v) is 5.81. The van der Waals surface area contributed by atoms with Gasteiger partial charge >= 0.3 is 0 Å². The van der Waals surface area contributed by atoms with Gasteiger partial charge in [-0.2, -0.15) is 0 Å². The number of methoxy groups -OCH3 is 1. The second kappa shape index (κ2) is 7.86. The van der Waals surface area contributed by atoms with E-state index in [-0.39, 0.29) is 11.8 Å². The number of hydrogen-bond acceptors (Lipinski definition) is 5. The first-order valence-corrected chi connectivity index (χ1v) is 9.43. The SMILES string of the molecule is COc1cccc(-c2nc(C)c(CC(=O)N3CCN(C(C)=O)CC3)s2)c1. The average molecular weight is 373 g/mol. The minimum Gasteiger partial charge on any atom is -0.497 e. The van der Waals surface area contributed by atoms with Crippen LogP contribution in [0.15, 0.2) is 24.3 Å². The Morgan fingerprint density at radius 2 is 1.88 bits per heavy atom. The van der Waals surface area contributed by atoms with Gasteiger partial charge in [0.2, 0.25) is 11.8 Å². The highest BCUT2D eigenvalue weighted by molar-refractivity contribution is 7.15. The monoisotopic (exact) mass is 373 g/mol. The molecule has 2 heterocycles. The van der Waals surface area contributed by atoms with Crippen LogP contribution in [0.5, 0.6) is 5.75 Å². The van der Waals surface area contributed by atoms with Gasteiger partial charge in [-0.1, -0.05) is 12.1 Å². The van der Waals surface area contributed by atoms with Crippen LogP contribution in [0.2, 0.25) is 0 Å².